The molecule has 0 aliphatic carbocycles. The summed E-state index contributed by atoms with van der Waals surface area (Å²) in [6, 6.07) is 6.80. The number of nitrogens with zero attached hydrogens (tertiary/aromatic N) is 1. The third-order valence-corrected chi connectivity index (χ3v) is 5.79. The highest BCUT2D eigenvalue weighted by molar-refractivity contribution is 9.10. The van der Waals surface area contributed by atoms with Gasteiger partial charge in [-0.1, -0.05) is 15.9 Å². The van der Waals surface area contributed by atoms with Crippen LogP contribution in [0.25, 0.3) is 0 Å². The van der Waals surface area contributed by atoms with Crippen LogP contribution in [-0.2, 0) is 9.84 Å². The predicted molar refractivity (Wildman–Crippen MR) is 79.8 cm³/mol. The van der Waals surface area contributed by atoms with E-state index in [1.165, 1.54) is 0 Å². The van der Waals surface area contributed by atoms with Gasteiger partial charge in [-0.25, -0.2) is 8.42 Å². The largest absolute Gasteiger partial charge is 0.330 e. The van der Waals surface area contributed by atoms with Crippen LogP contribution in [-0.4, -0.2) is 45.2 Å². The molecule has 1 fully saturated rings. The smallest absolute Gasteiger partial charge is 0.179 e. The summed E-state index contributed by atoms with van der Waals surface area (Å²) in [4.78, 5) is 2.58. The Bertz CT molecular complexity index is 516. The fraction of sp³-hybridized carbons (Fsp3) is 0.538. The summed E-state index contributed by atoms with van der Waals surface area (Å²) in [5.74, 6) is 0.696. The van der Waals surface area contributed by atoms with Crippen molar-refractivity contribution in [2.45, 2.75) is 11.3 Å². The molecule has 19 heavy (non-hydrogen) atoms. The lowest BCUT2D eigenvalue weighted by molar-refractivity contribution is 0.344. The molecule has 106 valence electrons. The molecule has 2 rings (SSSR count). The van der Waals surface area contributed by atoms with Crippen LogP contribution in [0.3, 0.4) is 0 Å². The van der Waals surface area contributed by atoms with E-state index >= 15 is 0 Å². The predicted octanol–water partition coefficient (Wildman–Crippen LogP) is 1.50. The molecule has 0 radical (unpaired) electrons. The fourth-order valence-electron chi connectivity index (χ4n) is 2.32. The molecule has 6 heteroatoms. The van der Waals surface area contributed by atoms with Crippen LogP contribution in [0, 0.1) is 5.92 Å². The zero-order valence-corrected chi connectivity index (χ0v) is 13.2. The van der Waals surface area contributed by atoms with Crippen molar-refractivity contribution in [1.82, 2.24) is 4.90 Å². The van der Waals surface area contributed by atoms with E-state index in [1.807, 2.05) is 0 Å². The molecule has 1 aliphatic rings. The standard InChI is InChI=1S/C13H19BrN2O2S/c14-12-1-3-13(4-2-12)19(17,18)8-7-16-6-5-11(9-15)10-16/h1-4,11H,5-10,15H2. The van der Waals surface area contributed by atoms with E-state index in [0.717, 1.165) is 24.0 Å². The Morgan fingerprint density at radius 2 is 2.00 bits per heavy atom. The van der Waals surface area contributed by atoms with Crippen molar-refractivity contribution in [3.8, 4) is 0 Å². The second-order valence-electron chi connectivity index (χ2n) is 4.96. The topological polar surface area (TPSA) is 63.4 Å². The number of hydrogen-bond donors (Lipinski definition) is 1. The molecule has 1 aromatic rings. The molecule has 0 saturated carbocycles. The first-order valence-corrected chi connectivity index (χ1v) is 8.86. The molecule has 1 saturated heterocycles. The number of likely N-dealkylation sites (tertiary alicyclic amines) is 1. The van der Waals surface area contributed by atoms with Crippen molar-refractivity contribution >= 4 is 25.8 Å². The molecule has 1 atom stereocenters. The maximum Gasteiger partial charge on any atom is 0.179 e. The Morgan fingerprint density at radius 1 is 1.32 bits per heavy atom. The van der Waals surface area contributed by atoms with E-state index in [9.17, 15) is 8.42 Å². The molecule has 1 heterocycles. The normalized spacial score (nSPS) is 20.8. The molecular weight excluding hydrogens is 328 g/mol. The molecule has 0 bridgehead atoms. The third-order valence-electron chi connectivity index (χ3n) is 3.55. The zero-order chi connectivity index (χ0) is 13.9. The van der Waals surface area contributed by atoms with Crippen molar-refractivity contribution in [2.24, 2.45) is 11.7 Å². The number of nitrogens with two attached hydrogens (primary N) is 1. The summed E-state index contributed by atoms with van der Waals surface area (Å²) in [6.45, 7) is 3.16. The summed E-state index contributed by atoms with van der Waals surface area (Å²) >= 11 is 3.30. The summed E-state index contributed by atoms with van der Waals surface area (Å²) in [6.07, 6.45) is 1.08. The van der Waals surface area contributed by atoms with Crippen LogP contribution in [0.4, 0.5) is 0 Å². The van der Waals surface area contributed by atoms with Gasteiger partial charge in [0.2, 0.25) is 0 Å². The van der Waals surface area contributed by atoms with Gasteiger partial charge in [-0.05, 0) is 49.7 Å². The highest BCUT2D eigenvalue weighted by Gasteiger charge is 2.23. The van der Waals surface area contributed by atoms with Gasteiger partial charge in [-0.3, -0.25) is 0 Å². The first-order valence-electron chi connectivity index (χ1n) is 6.42. The summed E-state index contributed by atoms with van der Waals surface area (Å²) in [5, 5.41) is 0. The van der Waals surface area contributed by atoms with Gasteiger partial charge in [0.1, 0.15) is 0 Å². The zero-order valence-electron chi connectivity index (χ0n) is 10.8. The fourth-order valence-corrected chi connectivity index (χ4v) is 3.87. The quantitative estimate of drug-likeness (QED) is 0.877. The minimum atomic E-state index is -3.18. The number of rotatable bonds is 5. The lowest BCUT2D eigenvalue weighted by Gasteiger charge is -2.15. The van der Waals surface area contributed by atoms with Crippen LogP contribution in [0.5, 0.6) is 0 Å². The van der Waals surface area contributed by atoms with Gasteiger partial charge in [0.15, 0.2) is 9.84 Å². The Kier molecular flexibility index (Phi) is 5.00. The molecular formula is C13H19BrN2O2S. The van der Waals surface area contributed by atoms with E-state index in [-0.39, 0.29) is 5.75 Å². The minimum Gasteiger partial charge on any atom is -0.330 e. The summed E-state index contributed by atoms with van der Waals surface area (Å²) in [7, 11) is -3.18. The highest BCUT2D eigenvalue weighted by atomic mass is 79.9. The Labute approximate surface area is 123 Å². The number of hydrogen-bond acceptors (Lipinski definition) is 4. The molecule has 2 N–H and O–H groups in total. The molecule has 0 spiro atoms. The summed E-state index contributed by atoms with van der Waals surface area (Å²) in [5.41, 5.74) is 5.63. The highest BCUT2D eigenvalue weighted by Crippen LogP contribution is 2.18. The van der Waals surface area contributed by atoms with Crippen molar-refractivity contribution in [1.29, 1.82) is 0 Å². The molecule has 0 aromatic heterocycles. The second kappa shape index (κ2) is 6.35. The van der Waals surface area contributed by atoms with Crippen LogP contribution < -0.4 is 5.73 Å². The Morgan fingerprint density at radius 3 is 2.58 bits per heavy atom. The van der Waals surface area contributed by atoms with Gasteiger partial charge >= 0.3 is 0 Å². The molecule has 4 nitrogen and oxygen atoms in total. The van der Waals surface area contributed by atoms with Gasteiger partial charge in [0.25, 0.3) is 0 Å². The molecule has 1 aromatic carbocycles. The lowest BCUT2D eigenvalue weighted by atomic mass is 10.1. The van der Waals surface area contributed by atoms with Crippen molar-refractivity contribution in [2.75, 3.05) is 31.9 Å². The summed E-state index contributed by atoms with van der Waals surface area (Å²) < 4.78 is 25.3. The first kappa shape index (κ1) is 15.0. The number of halogens is 1. The molecule has 0 amide bonds. The van der Waals surface area contributed by atoms with Crippen LogP contribution in [0.2, 0.25) is 0 Å². The second-order valence-corrected chi connectivity index (χ2v) is 7.99. The van der Waals surface area contributed by atoms with Crippen LogP contribution in [0.15, 0.2) is 33.6 Å². The van der Waals surface area contributed by atoms with E-state index in [2.05, 4.69) is 20.8 Å². The van der Waals surface area contributed by atoms with Gasteiger partial charge in [-0.2, -0.15) is 0 Å². The maximum atomic E-state index is 12.2. The van der Waals surface area contributed by atoms with Gasteiger partial charge in [-0.15, -0.1) is 0 Å². The average Bonchev–Trinajstić information content (AvgIpc) is 2.85. The van der Waals surface area contributed by atoms with Crippen LogP contribution in [0.1, 0.15) is 6.42 Å². The third kappa shape index (κ3) is 4.02. The van der Waals surface area contributed by atoms with E-state index in [0.29, 0.717) is 23.9 Å². The van der Waals surface area contributed by atoms with Gasteiger partial charge in [0.05, 0.1) is 10.6 Å². The van der Waals surface area contributed by atoms with Crippen molar-refractivity contribution in [3.63, 3.8) is 0 Å². The van der Waals surface area contributed by atoms with Crippen molar-refractivity contribution < 1.29 is 8.42 Å². The molecule has 1 unspecified atom stereocenters. The van der Waals surface area contributed by atoms with Crippen LogP contribution >= 0.6 is 15.9 Å². The Hall–Kier alpha value is -0.430. The lowest BCUT2D eigenvalue weighted by Crippen LogP contribution is -2.28. The minimum absolute atomic E-state index is 0.173. The maximum absolute atomic E-state index is 12.2. The van der Waals surface area contributed by atoms with Gasteiger partial charge in [0, 0.05) is 17.6 Å². The van der Waals surface area contributed by atoms with E-state index in [4.69, 9.17) is 5.73 Å². The van der Waals surface area contributed by atoms with Gasteiger partial charge < -0.3 is 10.6 Å². The average molecular weight is 347 g/mol. The van der Waals surface area contributed by atoms with E-state index in [1.54, 1.807) is 24.3 Å². The van der Waals surface area contributed by atoms with E-state index < -0.39 is 9.84 Å². The SMILES string of the molecule is NCC1CCN(CCS(=O)(=O)c2ccc(Br)cc2)C1. The Balaban J connectivity index is 1.93. The number of sulfone groups is 1. The van der Waals surface area contributed by atoms with Crippen molar-refractivity contribution in [3.05, 3.63) is 28.7 Å². The number of benzene rings is 1. The first-order chi connectivity index (χ1) is 9.01. The molecule has 1 aliphatic heterocycles. The monoisotopic (exact) mass is 346 g/mol.